The summed E-state index contributed by atoms with van der Waals surface area (Å²) < 4.78 is 5.37. The Labute approximate surface area is 200 Å². The predicted octanol–water partition coefficient (Wildman–Crippen LogP) is 3.04. The molecule has 0 aliphatic carbocycles. The summed E-state index contributed by atoms with van der Waals surface area (Å²) in [5.74, 6) is 0.0167. The van der Waals surface area contributed by atoms with E-state index in [1.165, 1.54) is 4.90 Å². The maximum absolute atomic E-state index is 13.1. The van der Waals surface area contributed by atoms with E-state index in [4.69, 9.17) is 16.3 Å². The fourth-order valence-corrected chi connectivity index (χ4v) is 4.43. The van der Waals surface area contributed by atoms with E-state index in [-0.39, 0.29) is 18.5 Å². The van der Waals surface area contributed by atoms with Crippen LogP contribution in [-0.4, -0.2) is 79.0 Å². The highest BCUT2D eigenvalue weighted by atomic mass is 35.5. The van der Waals surface area contributed by atoms with Crippen molar-refractivity contribution in [1.29, 1.82) is 0 Å². The van der Waals surface area contributed by atoms with Gasteiger partial charge in [-0.25, -0.2) is 9.59 Å². The third kappa shape index (κ3) is 5.86. The quantitative estimate of drug-likeness (QED) is 0.612. The number of ether oxygens (including phenoxy) is 1. The molecule has 8 nitrogen and oxygen atoms in total. The van der Waals surface area contributed by atoms with Crippen molar-refractivity contribution in [1.82, 2.24) is 20.0 Å². The first-order valence-corrected chi connectivity index (χ1v) is 11.8. The van der Waals surface area contributed by atoms with Gasteiger partial charge in [0.05, 0.1) is 18.2 Å². The molecule has 1 saturated heterocycles. The molecule has 2 heterocycles. The molecule has 0 bridgehead atoms. The molecule has 1 atom stereocenters. The van der Waals surface area contributed by atoms with E-state index in [0.29, 0.717) is 66.9 Å². The molecule has 9 heteroatoms. The second-order valence-corrected chi connectivity index (χ2v) is 9.21. The Morgan fingerprint density at radius 2 is 1.85 bits per heavy atom. The van der Waals surface area contributed by atoms with Gasteiger partial charge in [-0.05, 0) is 24.5 Å². The average Bonchev–Trinajstić information content (AvgIpc) is 2.77. The van der Waals surface area contributed by atoms with E-state index in [2.05, 4.69) is 10.2 Å². The molecule has 0 saturated carbocycles. The van der Waals surface area contributed by atoms with Crippen LogP contribution < -0.4 is 5.32 Å². The lowest BCUT2D eigenvalue weighted by molar-refractivity contribution is -0.139. The minimum absolute atomic E-state index is 0.170. The van der Waals surface area contributed by atoms with E-state index in [1.54, 1.807) is 32.2 Å². The summed E-state index contributed by atoms with van der Waals surface area (Å²) >= 11 is 6.42. The highest BCUT2D eigenvalue weighted by Gasteiger charge is 2.38. The van der Waals surface area contributed by atoms with E-state index in [9.17, 15) is 14.4 Å². The van der Waals surface area contributed by atoms with Gasteiger partial charge in [0.1, 0.15) is 0 Å². The van der Waals surface area contributed by atoms with Crippen LogP contribution in [0.3, 0.4) is 0 Å². The van der Waals surface area contributed by atoms with Crippen molar-refractivity contribution in [3.63, 3.8) is 0 Å². The monoisotopic (exact) mass is 476 g/mol. The van der Waals surface area contributed by atoms with Crippen LogP contribution in [0.4, 0.5) is 4.79 Å². The van der Waals surface area contributed by atoms with Gasteiger partial charge in [0, 0.05) is 56.9 Å². The number of rotatable bonds is 7. The number of esters is 1. The van der Waals surface area contributed by atoms with Gasteiger partial charge in [-0.1, -0.05) is 43.6 Å². The molecule has 0 unspecified atom stereocenters. The zero-order valence-corrected chi connectivity index (χ0v) is 20.5. The van der Waals surface area contributed by atoms with Crippen LogP contribution in [-0.2, 0) is 14.3 Å². The smallest absolute Gasteiger partial charge is 0.338 e. The number of nitrogens with one attached hydrogen (secondary N) is 1. The van der Waals surface area contributed by atoms with Crippen LogP contribution in [0.25, 0.3) is 0 Å². The Balaban J connectivity index is 1.88. The van der Waals surface area contributed by atoms with Crippen molar-refractivity contribution in [3.8, 4) is 0 Å². The normalized spacial score (nSPS) is 19.7. The highest BCUT2D eigenvalue weighted by Crippen LogP contribution is 2.34. The summed E-state index contributed by atoms with van der Waals surface area (Å²) in [6.07, 6.45) is 0.542. The molecule has 180 valence electrons. The number of piperazine rings is 1. The number of likely N-dealkylation sites (N-methyl/N-ethyl adjacent to an activating group) is 1. The fraction of sp³-hybridized carbons (Fsp3) is 0.542. The zero-order valence-electron chi connectivity index (χ0n) is 19.8. The number of carbonyl (C=O) groups is 3. The lowest BCUT2D eigenvalue weighted by Crippen LogP contribution is -2.53. The molecule has 0 spiro atoms. The number of amides is 3. The van der Waals surface area contributed by atoms with E-state index in [1.807, 2.05) is 24.8 Å². The number of carbonyl (C=O) groups excluding carboxylic acids is 3. The Kier molecular flexibility index (Phi) is 8.37. The maximum Gasteiger partial charge on any atom is 0.338 e. The van der Waals surface area contributed by atoms with Crippen molar-refractivity contribution in [2.75, 3.05) is 46.4 Å². The molecular weight excluding hydrogens is 444 g/mol. The molecule has 1 fully saturated rings. The molecular formula is C24H33ClN4O4. The number of halogens is 1. The molecule has 2 aliphatic rings. The molecule has 1 aromatic carbocycles. The predicted molar refractivity (Wildman–Crippen MR) is 127 cm³/mol. The summed E-state index contributed by atoms with van der Waals surface area (Å²) in [4.78, 5) is 43.8. The van der Waals surface area contributed by atoms with Crippen LogP contribution in [0.5, 0.6) is 0 Å². The number of urea groups is 1. The Morgan fingerprint density at radius 3 is 2.45 bits per heavy atom. The molecule has 0 aromatic heterocycles. The lowest BCUT2D eigenvalue weighted by atomic mass is 9.94. The van der Waals surface area contributed by atoms with Crippen molar-refractivity contribution in [2.24, 2.45) is 5.92 Å². The Hall–Kier alpha value is -2.58. The zero-order chi connectivity index (χ0) is 24.1. The third-order valence-electron chi connectivity index (χ3n) is 5.97. The van der Waals surface area contributed by atoms with Crippen LogP contribution in [0.2, 0.25) is 5.02 Å². The van der Waals surface area contributed by atoms with Crippen LogP contribution in [0, 0.1) is 5.92 Å². The van der Waals surface area contributed by atoms with Gasteiger partial charge >= 0.3 is 12.0 Å². The maximum atomic E-state index is 13.1. The molecule has 0 radical (unpaired) electrons. The average molecular weight is 477 g/mol. The Bertz CT molecular complexity index is 925. The van der Waals surface area contributed by atoms with Gasteiger partial charge in [0.15, 0.2) is 0 Å². The second kappa shape index (κ2) is 11.0. The molecule has 1 aromatic rings. The number of benzene rings is 1. The van der Waals surface area contributed by atoms with Gasteiger partial charge in [-0.2, -0.15) is 0 Å². The first-order valence-electron chi connectivity index (χ1n) is 11.4. The number of hydrogen-bond acceptors (Lipinski definition) is 5. The van der Waals surface area contributed by atoms with E-state index in [0.717, 1.165) is 0 Å². The van der Waals surface area contributed by atoms with Gasteiger partial charge in [-0.15, -0.1) is 0 Å². The van der Waals surface area contributed by atoms with Gasteiger partial charge in [0.25, 0.3) is 0 Å². The van der Waals surface area contributed by atoms with Crippen molar-refractivity contribution in [3.05, 3.63) is 46.1 Å². The standard InChI is InChI=1S/C24H33ClN4O4/c1-5-33-23(31)21-19(15-28-10-12-29(13-11-28)20(30)14-16(2)3)27(4)24(32)26-22(21)17-8-6-7-9-18(17)25/h6-9,16,22H,5,10-15H2,1-4H3,(H,26,32)/t22-/m0/s1. The molecule has 3 amide bonds. The highest BCUT2D eigenvalue weighted by molar-refractivity contribution is 6.31. The van der Waals surface area contributed by atoms with E-state index >= 15 is 0 Å². The molecule has 1 N–H and O–H groups in total. The van der Waals surface area contributed by atoms with Crippen molar-refractivity contribution < 1.29 is 19.1 Å². The molecule has 2 aliphatic heterocycles. The summed E-state index contributed by atoms with van der Waals surface area (Å²) in [6.45, 7) is 9.01. The van der Waals surface area contributed by atoms with Crippen LogP contribution in [0.1, 0.15) is 38.8 Å². The minimum atomic E-state index is -0.703. The summed E-state index contributed by atoms with van der Waals surface area (Å²) in [7, 11) is 1.65. The van der Waals surface area contributed by atoms with Gasteiger partial charge in [0.2, 0.25) is 5.91 Å². The lowest BCUT2D eigenvalue weighted by Gasteiger charge is -2.39. The third-order valence-corrected chi connectivity index (χ3v) is 6.31. The Morgan fingerprint density at radius 1 is 1.18 bits per heavy atom. The largest absolute Gasteiger partial charge is 0.463 e. The van der Waals surface area contributed by atoms with Crippen LogP contribution in [0.15, 0.2) is 35.5 Å². The van der Waals surface area contributed by atoms with Crippen molar-refractivity contribution in [2.45, 2.75) is 33.2 Å². The summed E-state index contributed by atoms with van der Waals surface area (Å²) in [5, 5.41) is 3.36. The molecule has 33 heavy (non-hydrogen) atoms. The van der Waals surface area contributed by atoms with Gasteiger partial charge in [-0.3, -0.25) is 14.6 Å². The fourth-order valence-electron chi connectivity index (χ4n) is 4.19. The van der Waals surface area contributed by atoms with E-state index < -0.39 is 12.0 Å². The number of nitrogens with zero attached hydrogens (tertiary/aromatic N) is 3. The second-order valence-electron chi connectivity index (χ2n) is 8.80. The minimum Gasteiger partial charge on any atom is -0.463 e. The summed E-state index contributed by atoms with van der Waals surface area (Å²) in [6, 6.07) is 6.14. The summed E-state index contributed by atoms with van der Waals surface area (Å²) in [5.41, 5.74) is 1.61. The topological polar surface area (TPSA) is 82.2 Å². The molecule has 3 rings (SSSR count). The first-order chi connectivity index (χ1) is 15.7. The van der Waals surface area contributed by atoms with Crippen molar-refractivity contribution >= 4 is 29.5 Å². The van der Waals surface area contributed by atoms with Gasteiger partial charge < -0.3 is 15.0 Å². The number of hydrogen-bond donors (Lipinski definition) is 1. The van der Waals surface area contributed by atoms with Crippen LogP contribution >= 0.6 is 11.6 Å². The first kappa shape index (κ1) is 25.1. The SMILES string of the molecule is CCOC(=O)C1=C(CN2CCN(C(=O)CC(C)C)CC2)N(C)C(=O)N[C@H]1c1ccccc1Cl.